The fraction of sp³-hybridized carbons (Fsp3) is 0.400. The third-order valence-corrected chi connectivity index (χ3v) is 1.85. The first-order valence-corrected chi connectivity index (χ1v) is 4.50. The second-order valence-corrected chi connectivity index (χ2v) is 3.26. The Morgan fingerprint density at radius 3 is 1.76 bits per heavy atom. The molecule has 1 aromatic rings. The van der Waals surface area contributed by atoms with Gasteiger partial charge in [0, 0.05) is 0 Å². The minimum atomic E-state index is -5.47. The summed E-state index contributed by atoms with van der Waals surface area (Å²) >= 11 is 0. The zero-order chi connectivity index (χ0) is 13.1. The van der Waals surface area contributed by atoms with Crippen molar-refractivity contribution in [1.29, 1.82) is 0 Å². The van der Waals surface area contributed by atoms with E-state index in [0.29, 0.717) is 0 Å². The highest BCUT2D eigenvalue weighted by atomic mass is 19.4. The highest BCUT2D eigenvalue weighted by Crippen LogP contribution is 2.36. The van der Waals surface area contributed by atoms with Gasteiger partial charge in [0.05, 0.1) is 6.61 Å². The average Bonchev–Trinajstić information content (AvgIpc) is 2.15. The van der Waals surface area contributed by atoms with Crippen molar-refractivity contribution in [3.63, 3.8) is 0 Å². The molecule has 1 aromatic carbocycles. The molecule has 0 heterocycles. The molecule has 0 bridgehead atoms. The van der Waals surface area contributed by atoms with Gasteiger partial charge < -0.3 is 4.74 Å². The van der Waals surface area contributed by atoms with Crippen LogP contribution < -0.4 is 0 Å². The number of hydrogen-bond acceptors (Lipinski definition) is 1. The number of benzene rings is 1. The van der Waals surface area contributed by atoms with Crippen molar-refractivity contribution >= 4 is 0 Å². The Morgan fingerprint density at radius 1 is 0.882 bits per heavy atom. The molecule has 1 rings (SSSR count). The first kappa shape index (κ1) is 13.8. The molecule has 0 aliphatic carbocycles. The smallest absolute Gasteiger partial charge is 0.356 e. The maximum atomic E-state index is 12.1. The molecule has 7 heteroatoms. The van der Waals surface area contributed by atoms with Crippen LogP contribution in [0.15, 0.2) is 30.3 Å². The van der Waals surface area contributed by atoms with E-state index in [0.717, 1.165) is 0 Å². The van der Waals surface area contributed by atoms with Crippen molar-refractivity contribution in [2.45, 2.75) is 25.1 Å². The Morgan fingerprint density at radius 2 is 1.35 bits per heavy atom. The van der Waals surface area contributed by atoms with Gasteiger partial charge in [0.1, 0.15) is 0 Å². The van der Waals surface area contributed by atoms with Crippen LogP contribution in [0.3, 0.4) is 0 Å². The van der Waals surface area contributed by atoms with Crippen LogP contribution >= 0.6 is 0 Å². The summed E-state index contributed by atoms with van der Waals surface area (Å²) in [5, 5.41) is 0. The van der Waals surface area contributed by atoms with E-state index in [1.165, 1.54) is 24.3 Å². The van der Waals surface area contributed by atoms with Crippen molar-refractivity contribution in [3.05, 3.63) is 35.9 Å². The molecule has 0 amide bonds. The third-order valence-electron chi connectivity index (χ3n) is 1.85. The van der Waals surface area contributed by atoms with E-state index < -0.39 is 25.1 Å². The minimum Gasteiger partial charge on any atom is -0.356 e. The summed E-state index contributed by atoms with van der Waals surface area (Å²) in [7, 11) is 0. The van der Waals surface area contributed by atoms with Gasteiger partial charge >= 0.3 is 12.4 Å². The van der Waals surface area contributed by atoms with Crippen molar-refractivity contribution in [2.24, 2.45) is 0 Å². The predicted molar refractivity (Wildman–Crippen MR) is 47.1 cm³/mol. The zero-order valence-corrected chi connectivity index (χ0v) is 8.35. The van der Waals surface area contributed by atoms with E-state index in [1.54, 1.807) is 6.07 Å². The van der Waals surface area contributed by atoms with Gasteiger partial charge in [-0.05, 0) is 5.56 Å². The molecule has 96 valence electrons. The summed E-state index contributed by atoms with van der Waals surface area (Å²) < 4.78 is 76.3. The van der Waals surface area contributed by atoms with Crippen molar-refractivity contribution in [3.8, 4) is 0 Å². The van der Waals surface area contributed by atoms with Gasteiger partial charge in [-0.2, -0.15) is 26.3 Å². The monoisotopic (exact) mass is 258 g/mol. The number of ether oxygens (including phenoxy) is 1. The van der Waals surface area contributed by atoms with E-state index >= 15 is 0 Å². The molecule has 0 radical (unpaired) electrons. The Hall–Kier alpha value is -1.24. The topological polar surface area (TPSA) is 9.23 Å². The Labute approximate surface area is 93.0 Å². The molecule has 0 aromatic heterocycles. The Balaban J connectivity index is 2.70. The molecule has 1 nitrogen and oxygen atoms in total. The second-order valence-electron chi connectivity index (χ2n) is 3.26. The molecule has 0 saturated heterocycles. The fourth-order valence-electron chi connectivity index (χ4n) is 1.13. The second kappa shape index (κ2) is 4.95. The van der Waals surface area contributed by atoms with Gasteiger partial charge in [-0.3, -0.25) is 0 Å². The van der Waals surface area contributed by atoms with Crippen molar-refractivity contribution in [1.82, 2.24) is 0 Å². The lowest BCUT2D eigenvalue weighted by Crippen LogP contribution is -2.44. The SMILES string of the molecule is FC(F)(F)C(OCc1ccccc1)C(F)(F)F. The summed E-state index contributed by atoms with van der Waals surface area (Å²) in [4.78, 5) is 0. The summed E-state index contributed by atoms with van der Waals surface area (Å²) in [5.41, 5.74) is 0.242. The third kappa shape index (κ3) is 4.26. The number of rotatable bonds is 3. The molecular formula is C10H8F6O. The normalized spacial score (nSPS) is 13.1. The number of halogens is 6. The maximum absolute atomic E-state index is 12.1. The van der Waals surface area contributed by atoms with Crippen LogP contribution in [0, 0.1) is 0 Å². The minimum absolute atomic E-state index is 0.242. The van der Waals surface area contributed by atoms with Crippen LogP contribution in [-0.4, -0.2) is 18.5 Å². The zero-order valence-electron chi connectivity index (χ0n) is 8.35. The number of hydrogen-bond donors (Lipinski definition) is 0. The van der Waals surface area contributed by atoms with Gasteiger partial charge in [0.15, 0.2) is 0 Å². The van der Waals surface area contributed by atoms with Gasteiger partial charge in [0.2, 0.25) is 6.10 Å². The molecule has 0 aliphatic rings. The van der Waals surface area contributed by atoms with Gasteiger partial charge in [0.25, 0.3) is 0 Å². The molecule has 0 atom stereocenters. The highest BCUT2D eigenvalue weighted by Gasteiger charge is 2.57. The van der Waals surface area contributed by atoms with Crippen LogP contribution in [0.2, 0.25) is 0 Å². The van der Waals surface area contributed by atoms with Gasteiger partial charge in [-0.25, -0.2) is 0 Å². The van der Waals surface area contributed by atoms with E-state index in [2.05, 4.69) is 4.74 Å². The summed E-state index contributed by atoms with van der Waals surface area (Å²) in [6.45, 7) is -0.746. The summed E-state index contributed by atoms with van der Waals surface area (Å²) in [6.07, 6.45) is -14.7. The van der Waals surface area contributed by atoms with Crippen molar-refractivity contribution in [2.75, 3.05) is 0 Å². The predicted octanol–water partition coefficient (Wildman–Crippen LogP) is 3.70. The van der Waals surface area contributed by atoms with Crippen molar-refractivity contribution < 1.29 is 31.1 Å². The summed E-state index contributed by atoms with van der Waals surface area (Å²) in [5.74, 6) is 0. The number of alkyl halides is 6. The molecule has 0 unspecified atom stereocenters. The van der Waals surface area contributed by atoms with Gasteiger partial charge in [-0.15, -0.1) is 0 Å². The average molecular weight is 258 g/mol. The van der Waals surface area contributed by atoms with Crippen LogP contribution in [0.1, 0.15) is 5.56 Å². The maximum Gasteiger partial charge on any atom is 0.423 e. The Bertz CT molecular complexity index is 328. The first-order chi connectivity index (χ1) is 7.71. The molecule has 0 N–H and O–H groups in total. The largest absolute Gasteiger partial charge is 0.423 e. The molecule has 0 aliphatic heterocycles. The van der Waals surface area contributed by atoms with E-state index in [4.69, 9.17) is 0 Å². The molecule has 0 spiro atoms. The quantitative estimate of drug-likeness (QED) is 0.751. The van der Waals surface area contributed by atoms with E-state index in [9.17, 15) is 26.3 Å². The fourth-order valence-corrected chi connectivity index (χ4v) is 1.13. The standard InChI is InChI=1S/C10H8F6O/c11-9(12,13)8(10(14,15)16)17-6-7-4-2-1-3-5-7/h1-5,8H,6H2. The lowest BCUT2D eigenvalue weighted by Gasteiger charge is -2.23. The van der Waals surface area contributed by atoms with Crippen LogP contribution in [0.5, 0.6) is 0 Å². The van der Waals surface area contributed by atoms with E-state index in [1.807, 2.05) is 0 Å². The van der Waals surface area contributed by atoms with Gasteiger partial charge in [-0.1, -0.05) is 30.3 Å². The van der Waals surface area contributed by atoms with Crippen LogP contribution in [-0.2, 0) is 11.3 Å². The first-order valence-electron chi connectivity index (χ1n) is 4.50. The van der Waals surface area contributed by atoms with Crippen LogP contribution in [0.4, 0.5) is 26.3 Å². The molecular weight excluding hydrogens is 250 g/mol. The summed E-state index contributed by atoms with van der Waals surface area (Å²) in [6, 6.07) is 7.34. The lowest BCUT2D eigenvalue weighted by atomic mass is 10.2. The lowest BCUT2D eigenvalue weighted by molar-refractivity contribution is -0.324. The Kier molecular flexibility index (Phi) is 4.03. The van der Waals surface area contributed by atoms with E-state index in [-0.39, 0.29) is 5.56 Å². The highest BCUT2D eigenvalue weighted by molar-refractivity contribution is 5.13. The molecule has 0 fully saturated rings. The molecule has 0 saturated carbocycles. The molecule has 17 heavy (non-hydrogen) atoms. The van der Waals surface area contributed by atoms with Crippen LogP contribution in [0.25, 0.3) is 0 Å².